The number of rotatable bonds is 9. The van der Waals surface area contributed by atoms with E-state index in [1.165, 1.54) is 6.21 Å². The molecule has 30 heavy (non-hydrogen) atoms. The molecule has 1 fully saturated rings. The van der Waals surface area contributed by atoms with Crippen LogP contribution in [-0.4, -0.2) is 63.1 Å². The topological polar surface area (TPSA) is 98.7 Å². The van der Waals surface area contributed by atoms with Crippen molar-refractivity contribution in [1.82, 2.24) is 20.9 Å². The maximum atomic E-state index is 10.5. The SMILES string of the molecule is N=C/C(C#Cc1ccc(OCCCN2CCOCC2)cc1)=C\C1NC=C(NC=O)N1. The zero-order chi connectivity index (χ0) is 21.0. The lowest BCUT2D eigenvalue weighted by molar-refractivity contribution is -0.109. The normalized spacial score (nSPS) is 18.9. The summed E-state index contributed by atoms with van der Waals surface area (Å²) < 4.78 is 11.2. The van der Waals surface area contributed by atoms with Crippen molar-refractivity contribution in [2.45, 2.75) is 12.6 Å². The Hall–Kier alpha value is -3.28. The van der Waals surface area contributed by atoms with Crippen LogP contribution in [0.25, 0.3) is 0 Å². The molecule has 4 N–H and O–H groups in total. The van der Waals surface area contributed by atoms with Crippen molar-refractivity contribution in [3.63, 3.8) is 0 Å². The maximum Gasteiger partial charge on any atom is 0.212 e. The number of nitrogens with one attached hydrogen (secondary N) is 4. The van der Waals surface area contributed by atoms with E-state index in [0.29, 0.717) is 24.4 Å². The van der Waals surface area contributed by atoms with Gasteiger partial charge in [0.15, 0.2) is 0 Å². The summed E-state index contributed by atoms with van der Waals surface area (Å²) in [5.74, 6) is 7.44. The molecule has 8 nitrogen and oxygen atoms in total. The Bertz CT molecular complexity index is 833. The van der Waals surface area contributed by atoms with Gasteiger partial charge in [-0.05, 0) is 36.8 Å². The van der Waals surface area contributed by atoms with E-state index in [-0.39, 0.29) is 6.17 Å². The molecule has 1 unspecified atom stereocenters. The molecule has 2 aliphatic heterocycles. The van der Waals surface area contributed by atoms with Gasteiger partial charge in [0.25, 0.3) is 0 Å². The van der Waals surface area contributed by atoms with E-state index in [1.54, 1.807) is 12.3 Å². The highest BCUT2D eigenvalue weighted by molar-refractivity contribution is 5.82. The highest BCUT2D eigenvalue weighted by atomic mass is 16.5. The predicted octanol–water partition coefficient (Wildman–Crippen LogP) is 0.779. The monoisotopic (exact) mass is 409 g/mol. The zero-order valence-electron chi connectivity index (χ0n) is 16.8. The van der Waals surface area contributed by atoms with Crippen molar-refractivity contribution < 1.29 is 14.3 Å². The Kier molecular flexibility index (Phi) is 8.33. The summed E-state index contributed by atoms with van der Waals surface area (Å²) in [6, 6.07) is 7.64. The average Bonchev–Trinajstić information content (AvgIpc) is 3.23. The summed E-state index contributed by atoms with van der Waals surface area (Å²) in [4.78, 5) is 12.9. The molecule has 0 spiro atoms. The molecule has 158 valence electrons. The van der Waals surface area contributed by atoms with Crippen LogP contribution in [0.5, 0.6) is 5.75 Å². The number of carbonyl (C=O) groups excluding carboxylic acids is 1. The Labute approximate surface area is 176 Å². The van der Waals surface area contributed by atoms with Crippen LogP contribution in [0.4, 0.5) is 0 Å². The van der Waals surface area contributed by atoms with Crippen LogP contribution in [0.2, 0.25) is 0 Å². The summed E-state index contributed by atoms with van der Waals surface area (Å²) >= 11 is 0. The number of carbonyl (C=O) groups is 1. The van der Waals surface area contributed by atoms with Crippen LogP contribution in [0.1, 0.15) is 12.0 Å². The molecule has 0 aliphatic carbocycles. The zero-order valence-corrected chi connectivity index (χ0v) is 16.8. The molecule has 2 heterocycles. The third kappa shape index (κ3) is 6.95. The van der Waals surface area contributed by atoms with Gasteiger partial charge in [0.2, 0.25) is 6.41 Å². The lowest BCUT2D eigenvalue weighted by Gasteiger charge is -2.26. The Balaban J connectivity index is 1.44. The van der Waals surface area contributed by atoms with Gasteiger partial charge in [-0.15, -0.1) is 0 Å². The molecule has 0 bridgehead atoms. The molecular weight excluding hydrogens is 382 g/mol. The maximum absolute atomic E-state index is 10.5. The average molecular weight is 409 g/mol. The Morgan fingerprint density at radius 2 is 2.13 bits per heavy atom. The van der Waals surface area contributed by atoms with Crippen molar-refractivity contribution in [1.29, 1.82) is 5.41 Å². The van der Waals surface area contributed by atoms with Crippen molar-refractivity contribution in [2.75, 3.05) is 39.5 Å². The predicted molar refractivity (Wildman–Crippen MR) is 115 cm³/mol. The number of amides is 1. The lowest BCUT2D eigenvalue weighted by Crippen LogP contribution is -2.37. The van der Waals surface area contributed by atoms with Gasteiger partial charge in [-0.2, -0.15) is 0 Å². The van der Waals surface area contributed by atoms with Gasteiger partial charge in [-0.25, -0.2) is 0 Å². The molecule has 2 aliphatic rings. The molecule has 1 aromatic rings. The van der Waals surface area contributed by atoms with E-state index >= 15 is 0 Å². The van der Waals surface area contributed by atoms with Crippen molar-refractivity contribution in [3.05, 3.63) is 53.5 Å². The standard InChI is InChI=1S/C22H27N5O3/c23-15-19(14-21-24-16-22(26-21)25-17-28)3-2-18-4-6-20(7-5-18)30-11-1-8-27-9-12-29-13-10-27/h4-7,14-17,21,23-24,26H,1,8-13H2,(H,25,28)/b19-14-,23-15?. The molecule has 8 heteroatoms. The number of morpholine rings is 1. The van der Waals surface area contributed by atoms with Crippen LogP contribution in [0.15, 0.2) is 47.9 Å². The minimum absolute atomic E-state index is 0.230. The number of benzene rings is 1. The van der Waals surface area contributed by atoms with Gasteiger partial charge >= 0.3 is 0 Å². The molecule has 1 amide bonds. The minimum Gasteiger partial charge on any atom is -0.494 e. The number of allylic oxidation sites excluding steroid dienone is 1. The number of ether oxygens (including phenoxy) is 2. The second kappa shape index (κ2) is 11.7. The fraction of sp³-hybridized carbons (Fsp3) is 0.364. The minimum atomic E-state index is -0.230. The second-order valence-corrected chi connectivity index (χ2v) is 6.81. The van der Waals surface area contributed by atoms with Crippen molar-refractivity contribution >= 4 is 12.6 Å². The summed E-state index contributed by atoms with van der Waals surface area (Å²) in [6.45, 7) is 5.35. The fourth-order valence-corrected chi connectivity index (χ4v) is 3.05. The first-order chi connectivity index (χ1) is 14.8. The van der Waals surface area contributed by atoms with Gasteiger partial charge in [0.05, 0.1) is 19.8 Å². The van der Waals surface area contributed by atoms with Crippen LogP contribution in [-0.2, 0) is 9.53 Å². The van der Waals surface area contributed by atoms with Crippen LogP contribution < -0.4 is 20.7 Å². The van der Waals surface area contributed by atoms with Gasteiger partial charge in [-0.1, -0.05) is 11.8 Å². The van der Waals surface area contributed by atoms with Crippen LogP contribution in [0, 0.1) is 17.3 Å². The Morgan fingerprint density at radius 1 is 1.33 bits per heavy atom. The number of hydrogen-bond donors (Lipinski definition) is 4. The highest BCUT2D eigenvalue weighted by Crippen LogP contribution is 2.12. The first-order valence-corrected chi connectivity index (χ1v) is 9.97. The van der Waals surface area contributed by atoms with Gasteiger partial charge in [0.1, 0.15) is 17.7 Å². The molecule has 1 saturated heterocycles. The summed E-state index contributed by atoms with van der Waals surface area (Å²) in [6.07, 6.45) is 5.99. The van der Waals surface area contributed by atoms with E-state index in [4.69, 9.17) is 14.9 Å². The second-order valence-electron chi connectivity index (χ2n) is 6.81. The van der Waals surface area contributed by atoms with Gasteiger partial charge < -0.3 is 30.8 Å². The van der Waals surface area contributed by atoms with Gasteiger partial charge in [-0.3, -0.25) is 9.69 Å². The first-order valence-electron chi connectivity index (χ1n) is 9.97. The molecule has 1 aromatic carbocycles. The fourth-order valence-electron chi connectivity index (χ4n) is 3.05. The van der Waals surface area contributed by atoms with E-state index in [2.05, 4.69) is 32.7 Å². The van der Waals surface area contributed by atoms with Gasteiger partial charge in [0, 0.05) is 43.2 Å². The van der Waals surface area contributed by atoms with E-state index in [9.17, 15) is 4.79 Å². The molecule has 1 atom stereocenters. The van der Waals surface area contributed by atoms with E-state index < -0.39 is 0 Å². The first kappa shape index (κ1) is 21.4. The van der Waals surface area contributed by atoms with E-state index in [1.807, 2.05) is 24.3 Å². The summed E-state index contributed by atoms with van der Waals surface area (Å²) in [5, 5.41) is 16.2. The number of nitrogens with zero attached hydrogens (tertiary/aromatic N) is 1. The third-order valence-corrected chi connectivity index (χ3v) is 4.63. The van der Waals surface area contributed by atoms with Crippen LogP contribution >= 0.6 is 0 Å². The molecule has 0 saturated carbocycles. The third-order valence-electron chi connectivity index (χ3n) is 4.63. The Morgan fingerprint density at radius 3 is 2.87 bits per heavy atom. The van der Waals surface area contributed by atoms with Crippen molar-refractivity contribution in [2.24, 2.45) is 0 Å². The summed E-state index contributed by atoms with van der Waals surface area (Å²) in [7, 11) is 0. The molecular formula is C22H27N5O3. The molecule has 3 rings (SSSR count). The lowest BCUT2D eigenvalue weighted by atomic mass is 10.2. The van der Waals surface area contributed by atoms with Crippen molar-refractivity contribution in [3.8, 4) is 17.6 Å². The number of hydrogen-bond acceptors (Lipinski definition) is 7. The smallest absolute Gasteiger partial charge is 0.212 e. The largest absolute Gasteiger partial charge is 0.494 e. The van der Waals surface area contributed by atoms with E-state index in [0.717, 1.165) is 50.6 Å². The highest BCUT2D eigenvalue weighted by Gasteiger charge is 2.12. The van der Waals surface area contributed by atoms with Crippen LogP contribution in [0.3, 0.4) is 0 Å². The quantitative estimate of drug-likeness (QED) is 0.208. The summed E-state index contributed by atoms with van der Waals surface area (Å²) in [5.41, 5.74) is 1.40. The molecule has 0 aromatic heterocycles. The molecule has 0 radical (unpaired) electrons.